The van der Waals surface area contributed by atoms with Crippen LogP contribution in [0.25, 0.3) is 0 Å². The third kappa shape index (κ3) is 1.87. The average Bonchev–Trinajstić information content (AvgIpc) is 2.36. The average molecular weight is 242 g/mol. The molecule has 0 unspecified atom stereocenters. The lowest BCUT2D eigenvalue weighted by molar-refractivity contribution is -0.0206. The summed E-state index contributed by atoms with van der Waals surface area (Å²) in [5.41, 5.74) is 1.80. The summed E-state index contributed by atoms with van der Waals surface area (Å²) in [6.45, 7) is 1.00. The lowest BCUT2D eigenvalue weighted by Crippen LogP contribution is -2.58. The molecule has 2 nitrogen and oxygen atoms in total. The molecular weight excluding hydrogens is 220 g/mol. The summed E-state index contributed by atoms with van der Waals surface area (Å²) in [5.74, 6) is 3.08. The summed E-state index contributed by atoms with van der Waals surface area (Å²) < 4.78 is 0. The molecule has 4 fully saturated rings. The van der Waals surface area contributed by atoms with Crippen LogP contribution in [-0.4, -0.2) is 10.5 Å². The van der Waals surface area contributed by atoms with Crippen LogP contribution in [0.2, 0.25) is 0 Å². The Morgan fingerprint density at radius 2 is 1.78 bits per heavy atom. The molecule has 4 bridgehead atoms. The van der Waals surface area contributed by atoms with Gasteiger partial charge in [0.05, 0.1) is 0 Å². The molecule has 5 rings (SSSR count). The van der Waals surface area contributed by atoms with E-state index in [4.69, 9.17) is 0 Å². The molecule has 2 heteroatoms. The van der Waals surface area contributed by atoms with Gasteiger partial charge in [0.15, 0.2) is 0 Å². The van der Waals surface area contributed by atoms with Crippen molar-refractivity contribution in [1.29, 1.82) is 0 Å². The summed E-state index contributed by atoms with van der Waals surface area (Å²) in [5, 5.41) is 3.90. The molecule has 1 aromatic heterocycles. The second kappa shape index (κ2) is 4.06. The first kappa shape index (κ1) is 11.0. The molecule has 1 heterocycles. The first-order chi connectivity index (χ1) is 8.81. The van der Waals surface area contributed by atoms with Crippen LogP contribution in [0.5, 0.6) is 0 Å². The maximum atomic E-state index is 4.21. The molecule has 4 aliphatic rings. The van der Waals surface area contributed by atoms with Gasteiger partial charge < -0.3 is 5.32 Å². The van der Waals surface area contributed by atoms with Gasteiger partial charge in [0.25, 0.3) is 0 Å². The predicted octanol–water partition coefficient (Wildman–Crippen LogP) is 3.14. The van der Waals surface area contributed by atoms with E-state index in [9.17, 15) is 0 Å². The van der Waals surface area contributed by atoms with Gasteiger partial charge in [-0.2, -0.15) is 0 Å². The second-order valence-corrected chi connectivity index (χ2v) is 6.91. The molecule has 0 spiro atoms. The lowest BCUT2D eigenvalue weighted by Gasteiger charge is -2.57. The van der Waals surface area contributed by atoms with Gasteiger partial charge in [-0.15, -0.1) is 0 Å². The Balaban J connectivity index is 1.48. The molecule has 0 radical (unpaired) electrons. The van der Waals surface area contributed by atoms with E-state index in [0.29, 0.717) is 5.54 Å². The van der Waals surface area contributed by atoms with Crippen LogP contribution in [0.1, 0.15) is 44.1 Å². The number of rotatable bonds is 3. The van der Waals surface area contributed by atoms with Crippen LogP contribution in [0.3, 0.4) is 0 Å². The van der Waals surface area contributed by atoms with Crippen molar-refractivity contribution in [3.8, 4) is 0 Å². The molecule has 0 aromatic carbocycles. The van der Waals surface area contributed by atoms with Crippen molar-refractivity contribution in [1.82, 2.24) is 10.3 Å². The normalized spacial score (nSPS) is 41.2. The van der Waals surface area contributed by atoms with Gasteiger partial charge >= 0.3 is 0 Å². The molecule has 4 saturated carbocycles. The predicted molar refractivity (Wildman–Crippen MR) is 72.0 cm³/mol. The highest BCUT2D eigenvalue weighted by Gasteiger charge is 2.50. The highest BCUT2D eigenvalue weighted by atomic mass is 15.0. The summed E-state index contributed by atoms with van der Waals surface area (Å²) in [6, 6.07) is 4.22. The molecule has 0 atom stereocenters. The standard InChI is InChI=1S/C16H22N2/c1-2-12(10-17-3-1)11-18-16-7-13-4-14(8-16)6-15(5-13)9-16/h1-3,10,13-15,18H,4-9,11H2. The Labute approximate surface area is 109 Å². The minimum Gasteiger partial charge on any atom is -0.307 e. The van der Waals surface area contributed by atoms with Crippen molar-refractivity contribution < 1.29 is 0 Å². The van der Waals surface area contributed by atoms with Crippen LogP contribution in [0.4, 0.5) is 0 Å². The van der Waals surface area contributed by atoms with Crippen LogP contribution in [0, 0.1) is 17.8 Å². The summed E-state index contributed by atoms with van der Waals surface area (Å²) in [4.78, 5) is 4.21. The highest BCUT2D eigenvalue weighted by Crippen LogP contribution is 2.55. The van der Waals surface area contributed by atoms with E-state index in [2.05, 4.69) is 16.4 Å². The number of hydrogen-bond acceptors (Lipinski definition) is 2. The van der Waals surface area contributed by atoms with Gasteiger partial charge in [-0.25, -0.2) is 0 Å². The third-order valence-electron chi connectivity index (χ3n) is 5.43. The SMILES string of the molecule is c1cncc(CNC23CC4CC(CC(C4)C2)C3)c1. The maximum Gasteiger partial charge on any atom is 0.0312 e. The van der Waals surface area contributed by atoms with Crippen molar-refractivity contribution in [2.75, 3.05) is 0 Å². The molecular formula is C16H22N2. The fourth-order valence-corrected chi connectivity index (χ4v) is 5.12. The molecule has 0 saturated heterocycles. The Morgan fingerprint density at radius 3 is 2.33 bits per heavy atom. The van der Waals surface area contributed by atoms with E-state index in [1.165, 1.54) is 44.1 Å². The van der Waals surface area contributed by atoms with E-state index in [1.807, 2.05) is 18.5 Å². The molecule has 0 amide bonds. The van der Waals surface area contributed by atoms with E-state index in [0.717, 1.165) is 24.3 Å². The van der Waals surface area contributed by atoms with Crippen LogP contribution >= 0.6 is 0 Å². The van der Waals surface area contributed by atoms with Gasteiger partial charge in [0.1, 0.15) is 0 Å². The van der Waals surface area contributed by atoms with Crippen molar-refractivity contribution in [2.45, 2.75) is 50.6 Å². The molecule has 1 aromatic rings. The van der Waals surface area contributed by atoms with Gasteiger partial charge in [0.2, 0.25) is 0 Å². The first-order valence-corrected chi connectivity index (χ1v) is 7.45. The Kier molecular flexibility index (Phi) is 2.47. The lowest BCUT2D eigenvalue weighted by atomic mass is 9.53. The molecule has 1 N–H and O–H groups in total. The number of aromatic nitrogens is 1. The van der Waals surface area contributed by atoms with Gasteiger partial charge in [-0.1, -0.05) is 6.07 Å². The van der Waals surface area contributed by atoms with Crippen molar-refractivity contribution in [3.63, 3.8) is 0 Å². The fourth-order valence-electron chi connectivity index (χ4n) is 5.12. The van der Waals surface area contributed by atoms with E-state index in [-0.39, 0.29) is 0 Å². The molecule has 4 aliphatic carbocycles. The largest absolute Gasteiger partial charge is 0.307 e. The smallest absolute Gasteiger partial charge is 0.0312 e. The zero-order valence-electron chi connectivity index (χ0n) is 10.9. The minimum atomic E-state index is 0.477. The zero-order valence-corrected chi connectivity index (χ0v) is 10.9. The van der Waals surface area contributed by atoms with Gasteiger partial charge in [0, 0.05) is 24.5 Å². The Bertz CT molecular complexity index is 391. The fraction of sp³-hybridized carbons (Fsp3) is 0.688. The second-order valence-electron chi connectivity index (χ2n) is 6.91. The van der Waals surface area contributed by atoms with Crippen molar-refractivity contribution >= 4 is 0 Å². The van der Waals surface area contributed by atoms with E-state index in [1.54, 1.807) is 0 Å². The van der Waals surface area contributed by atoms with Crippen LogP contribution in [0.15, 0.2) is 24.5 Å². The molecule has 96 valence electrons. The number of pyridine rings is 1. The number of hydrogen-bond donors (Lipinski definition) is 1. The third-order valence-corrected chi connectivity index (χ3v) is 5.43. The van der Waals surface area contributed by atoms with Gasteiger partial charge in [-0.3, -0.25) is 4.98 Å². The molecule has 0 aliphatic heterocycles. The highest BCUT2D eigenvalue weighted by molar-refractivity contribution is 5.11. The quantitative estimate of drug-likeness (QED) is 0.880. The number of nitrogens with zero attached hydrogens (tertiary/aromatic N) is 1. The molecule has 18 heavy (non-hydrogen) atoms. The van der Waals surface area contributed by atoms with Crippen molar-refractivity contribution in [3.05, 3.63) is 30.1 Å². The summed E-state index contributed by atoms with van der Waals surface area (Å²) >= 11 is 0. The monoisotopic (exact) mass is 242 g/mol. The van der Waals surface area contributed by atoms with Crippen molar-refractivity contribution in [2.24, 2.45) is 17.8 Å². The minimum absolute atomic E-state index is 0.477. The first-order valence-electron chi connectivity index (χ1n) is 7.45. The van der Waals surface area contributed by atoms with E-state index >= 15 is 0 Å². The number of nitrogens with one attached hydrogen (secondary N) is 1. The maximum absolute atomic E-state index is 4.21. The Hall–Kier alpha value is -0.890. The van der Waals surface area contributed by atoms with Gasteiger partial charge in [-0.05, 0) is 67.9 Å². The van der Waals surface area contributed by atoms with E-state index < -0.39 is 0 Å². The summed E-state index contributed by atoms with van der Waals surface area (Å²) in [6.07, 6.45) is 12.7. The summed E-state index contributed by atoms with van der Waals surface area (Å²) in [7, 11) is 0. The Morgan fingerprint density at radius 1 is 1.11 bits per heavy atom. The topological polar surface area (TPSA) is 24.9 Å². The zero-order chi connectivity index (χ0) is 12.0. The van der Waals surface area contributed by atoms with Crippen LogP contribution < -0.4 is 5.32 Å². The van der Waals surface area contributed by atoms with Crippen LogP contribution in [-0.2, 0) is 6.54 Å².